The Kier molecular flexibility index (Phi) is 11.7. The van der Waals surface area contributed by atoms with Crippen molar-refractivity contribution >= 4 is 11.9 Å². The lowest BCUT2D eigenvalue weighted by Crippen LogP contribution is -2.06. The topological polar surface area (TPSA) is 42.8 Å². The third-order valence-corrected chi connectivity index (χ3v) is 4.97. The van der Waals surface area contributed by atoms with E-state index in [9.17, 15) is 0 Å². The summed E-state index contributed by atoms with van der Waals surface area (Å²) in [4.78, 5) is 4.38. The highest BCUT2D eigenvalue weighted by atomic mass is 16.5. The van der Waals surface area contributed by atoms with E-state index in [0.717, 1.165) is 48.8 Å². The molecular weight excluding hydrogens is 360 g/mol. The summed E-state index contributed by atoms with van der Waals surface area (Å²) in [5.74, 6) is 1.69. The molecule has 4 nitrogen and oxygen atoms in total. The Bertz CT molecular complexity index is 647. The van der Waals surface area contributed by atoms with Gasteiger partial charge in [-0.3, -0.25) is 4.99 Å². The van der Waals surface area contributed by atoms with E-state index in [1.807, 2.05) is 24.5 Å². The van der Waals surface area contributed by atoms with Gasteiger partial charge in [0.1, 0.15) is 5.75 Å². The molecule has 0 radical (unpaired) electrons. The number of nitrogens with zero attached hydrogens (tertiary/aromatic N) is 1. The van der Waals surface area contributed by atoms with E-state index in [4.69, 9.17) is 9.47 Å². The predicted octanol–water partition coefficient (Wildman–Crippen LogP) is 6.84. The molecule has 2 rings (SSSR count). The Hall–Kier alpha value is -2.23. The van der Waals surface area contributed by atoms with Gasteiger partial charge in [0.15, 0.2) is 5.76 Å². The van der Waals surface area contributed by atoms with Crippen molar-refractivity contribution in [3.05, 3.63) is 48.0 Å². The van der Waals surface area contributed by atoms with E-state index in [1.165, 1.54) is 51.4 Å². The van der Waals surface area contributed by atoms with Gasteiger partial charge in [-0.15, -0.1) is 0 Å². The van der Waals surface area contributed by atoms with Crippen molar-refractivity contribution in [3.63, 3.8) is 0 Å². The van der Waals surface area contributed by atoms with Gasteiger partial charge >= 0.3 is 0 Å². The van der Waals surface area contributed by atoms with Crippen molar-refractivity contribution < 1.29 is 9.47 Å². The van der Waals surface area contributed by atoms with Crippen LogP contribution in [0.1, 0.15) is 83.6 Å². The van der Waals surface area contributed by atoms with Crippen LogP contribution in [0.4, 0.5) is 0 Å². The number of hydrogen-bond acceptors (Lipinski definition) is 4. The molecule has 1 N–H and O–H groups in total. The van der Waals surface area contributed by atoms with Gasteiger partial charge in [-0.1, -0.05) is 65.2 Å². The Balaban J connectivity index is 1.71. The maximum absolute atomic E-state index is 5.84. The summed E-state index contributed by atoms with van der Waals surface area (Å²) >= 11 is 0. The first-order valence-electron chi connectivity index (χ1n) is 11.4. The van der Waals surface area contributed by atoms with E-state index in [0.29, 0.717) is 0 Å². The van der Waals surface area contributed by atoms with E-state index >= 15 is 0 Å². The molecule has 0 atom stereocenters. The molecule has 0 saturated carbocycles. The van der Waals surface area contributed by atoms with Crippen LogP contribution < -0.4 is 10.1 Å². The molecule has 0 spiro atoms. The second kappa shape index (κ2) is 14.7. The van der Waals surface area contributed by atoms with Gasteiger partial charge < -0.3 is 14.8 Å². The second-order valence-corrected chi connectivity index (χ2v) is 7.56. The van der Waals surface area contributed by atoms with Crippen molar-refractivity contribution in [2.45, 2.75) is 78.1 Å². The van der Waals surface area contributed by atoms with Crippen LogP contribution in [-0.4, -0.2) is 19.4 Å². The quantitative estimate of drug-likeness (QED) is 0.329. The van der Waals surface area contributed by atoms with Crippen LogP contribution in [0.5, 0.6) is 5.75 Å². The SMILES string of the molecule is CCCCCCCCOC1=CNC(c2ccc(OCCCCCC)cc2)=CN=C1. The number of nitrogens with one attached hydrogen (secondary N) is 1. The molecule has 1 aromatic carbocycles. The molecule has 160 valence electrons. The Morgan fingerprint density at radius 3 is 2.10 bits per heavy atom. The van der Waals surface area contributed by atoms with Gasteiger partial charge in [-0.2, -0.15) is 0 Å². The number of ether oxygens (including phenoxy) is 2. The van der Waals surface area contributed by atoms with E-state index in [2.05, 4.69) is 36.3 Å². The minimum atomic E-state index is 0.741. The average molecular weight is 399 g/mol. The number of benzene rings is 1. The lowest BCUT2D eigenvalue weighted by molar-refractivity contribution is 0.223. The largest absolute Gasteiger partial charge is 0.494 e. The lowest BCUT2D eigenvalue weighted by atomic mass is 10.1. The number of aliphatic imine (C=N–C) groups is 1. The summed E-state index contributed by atoms with van der Waals surface area (Å²) in [5.41, 5.74) is 2.03. The normalized spacial score (nSPS) is 13.3. The second-order valence-electron chi connectivity index (χ2n) is 7.56. The molecule has 0 amide bonds. The maximum atomic E-state index is 5.84. The predicted molar refractivity (Wildman–Crippen MR) is 123 cm³/mol. The van der Waals surface area contributed by atoms with Crippen LogP contribution in [0.25, 0.3) is 5.70 Å². The summed E-state index contributed by atoms with van der Waals surface area (Å²) in [7, 11) is 0. The third kappa shape index (κ3) is 9.69. The van der Waals surface area contributed by atoms with Crippen LogP contribution >= 0.6 is 0 Å². The molecule has 0 bridgehead atoms. The summed E-state index contributed by atoms with van der Waals surface area (Å²) in [6.07, 6.45) is 17.9. The molecule has 29 heavy (non-hydrogen) atoms. The van der Waals surface area contributed by atoms with Crippen LogP contribution in [0, 0.1) is 0 Å². The first-order valence-corrected chi connectivity index (χ1v) is 11.4. The Morgan fingerprint density at radius 1 is 0.759 bits per heavy atom. The van der Waals surface area contributed by atoms with E-state index < -0.39 is 0 Å². The summed E-state index contributed by atoms with van der Waals surface area (Å²) in [5, 5.41) is 3.31. The van der Waals surface area contributed by atoms with E-state index in [1.54, 1.807) is 6.21 Å². The van der Waals surface area contributed by atoms with Gasteiger partial charge in [0, 0.05) is 6.20 Å². The highest BCUT2D eigenvalue weighted by molar-refractivity contribution is 5.80. The fourth-order valence-electron chi connectivity index (χ4n) is 3.17. The Morgan fingerprint density at radius 2 is 1.38 bits per heavy atom. The summed E-state index contributed by atoms with van der Waals surface area (Å²) in [6.45, 7) is 5.99. The van der Waals surface area contributed by atoms with Gasteiger partial charge in [0.05, 0.1) is 31.3 Å². The molecule has 0 fully saturated rings. The smallest absolute Gasteiger partial charge is 0.153 e. The molecule has 1 heterocycles. The number of allylic oxidation sites excluding steroid dienone is 1. The van der Waals surface area contributed by atoms with Gasteiger partial charge in [-0.25, -0.2) is 0 Å². The molecule has 0 aromatic heterocycles. The van der Waals surface area contributed by atoms with Crippen LogP contribution in [-0.2, 0) is 4.74 Å². The molecule has 0 aliphatic carbocycles. The van der Waals surface area contributed by atoms with Gasteiger partial charge in [0.2, 0.25) is 0 Å². The van der Waals surface area contributed by atoms with E-state index in [-0.39, 0.29) is 0 Å². The maximum Gasteiger partial charge on any atom is 0.153 e. The fourth-order valence-corrected chi connectivity index (χ4v) is 3.17. The lowest BCUT2D eigenvalue weighted by Gasteiger charge is -2.10. The van der Waals surface area contributed by atoms with Crippen molar-refractivity contribution in [1.82, 2.24) is 5.32 Å². The number of hydrogen-bond donors (Lipinski definition) is 1. The molecular formula is C25H38N2O2. The van der Waals surface area contributed by atoms with Crippen LogP contribution in [0.3, 0.4) is 0 Å². The first kappa shape index (κ1) is 23.1. The van der Waals surface area contributed by atoms with Crippen LogP contribution in [0.15, 0.2) is 47.4 Å². The summed E-state index contributed by atoms with van der Waals surface area (Å²) in [6, 6.07) is 8.16. The fraction of sp³-hybridized carbons (Fsp3) is 0.560. The zero-order chi connectivity index (χ0) is 20.6. The minimum absolute atomic E-state index is 0.741. The third-order valence-electron chi connectivity index (χ3n) is 4.97. The highest BCUT2D eigenvalue weighted by Gasteiger charge is 2.05. The summed E-state index contributed by atoms with van der Waals surface area (Å²) < 4.78 is 11.7. The molecule has 0 unspecified atom stereocenters. The average Bonchev–Trinajstić information content (AvgIpc) is 2.99. The van der Waals surface area contributed by atoms with Crippen LogP contribution in [0.2, 0.25) is 0 Å². The Labute approximate surface area is 177 Å². The first-order chi connectivity index (χ1) is 14.3. The zero-order valence-corrected chi connectivity index (χ0v) is 18.3. The van der Waals surface area contributed by atoms with Gasteiger partial charge in [0.25, 0.3) is 0 Å². The van der Waals surface area contributed by atoms with Crippen molar-refractivity contribution in [2.75, 3.05) is 13.2 Å². The zero-order valence-electron chi connectivity index (χ0n) is 18.3. The molecule has 1 aliphatic rings. The monoisotopic (exact) mass is 398 g/mol. The number of rotatable bonds is 15. The molecule has 4 heteroatoms. The minimum Gasteiger partial charge on any atom is -0.494 e. The molecule has 1 aliphatic heterocycles. The van der Waals surface area contributed by atoms with Gasteiger partial charge in [-0.05, 0) is 42.7 Å². The molecule has 0 saturated heterocycles. The number of unbranched alkanes of at least 4 members (excludes halogenated alkanes) is 8. The van der Waals surface area contributed by atoms with Crippen molar-refractivity contribution in [3.8, 4) is 5.75 Å². The molecule has 1 aromatic rings. The highest BCUT2D eigenvalue weighted by Crippen LogP contribution is 2.19. The standard InChI is InChI=1S/C25H38N2O2/c1-3-5-7-9-10-12-18-29-24-19-26-21-25(27-20-24)22-13-15-23(16-14-22)28-17-11-8-6-4-2/h13-16,19-21,27H,3-12,17-18H2,1-2H3. The van der Waals surface area contributed by atoms with Crippen molar-refractivity contribution in [1.29, 1.82) is 0 Å². The van der Waals surface area contributed by atoms with Crippen molar-refractivity contribution in [2.24, 2.45) is 4.99 Å².